The van der Waals surface area contributed by atoms with E-state index in [1.165, 1.54) is 0 Å². The molecule has 0 unspecified atom stereocenters. The average Bonchev–Trinajstić information content (AvgIpc) is 2.99. The highest BCUT2D eigenvalue weighted by molar-refractivity contribution is 5.80. The summed E-state index contributed by atoms with van der Waals surface area (Å²) in [5.74, 6) is 0.340. The van der Waals surface area contributed by atoms with Crippen LogP contribution in [0.25, 0.3) is 0 Å². The molecular formula is C11H12NO. The fraction of sp³-hybridized carbons (Fsp3) is 0.364. The number of amides is 1. The van der Waals surface area contributed by atoms with Gasteiger partial charge in [0.05, 0.1) is 6.54 Å². The van der Waals surface area contributed by atoms with Crippen LogP contribution in [-0.4, -0.2) is 5.91 Å². The molecule has 0 atom stereocenters. The first-order valence-corrected chi connectivity index (χ1v) is 4.61. The third kappa shape index (κ3) is 2.31. The molecule has 0 spiro atoms. The second-order valence-corrected chi connectivity index (χ2v) is 3.41. The molecule has 1 radical (unpaired) electrons. The van der Waals surface area contributed by atoms with Crippen molar-refractivity contribution in [2.45, 2.75) is 19.4 Å². The van der Waals surface area contributed by atoms with Gasteiger partial charge >= 0.3 is 0 Å². The molecule has 1 aromatic carbocycles. The normalized spacial score (nSPS) is 15.4. The number of benzene rings is 1. The minimum absolute atomic E-state index is 0.0869. The summed E-state index contributed by atoms with van der Waals surface area (Å²) >= 11 is 0. The molecule has 0 aromatic heterocycles. The van der Waals surface area contributed by atoms with Gasteiger partial charge in [-0.05, 0) is 18.4 Å². The SMILES string of the molecule is O=C([N]Cc1ccccc1)C1CC1. The zero-order valence-corrected chi connectivity index (χ0v) is 7.44. The molecule has 2 rings (SSSR count). The topological polar surface area (TPSA) is 31.2 Å². The summed E-state index contributed by atoms with van der Waals surface area (Å²) < 4.78 is 0. The molecule has 13 heavy (non-hydrogen) atoms. The van der Waals surface area contributed by atoms with Crippen molar-refractivity contribution in [3.05, 3.63) is 35.9 Å². The van der Waals surface area contributed by atoms with Gasteiger partial charge in [0.1, 0.15) is 0 Å². The number of nitrogens with zero attached hydrogens (tertiary/aromatic N) is 1. The van der Waals surface area contributed by atoms with Gasteiger partial charge in [0.15, 0.2) is 0 Å². The molecule has 2 nitrogen and oxygen atoms in total. The first-order chi connectivity index (χ1) is 6.36. The Morgan fingerprint density at radius 2 is 2.00 bits per heavy atom. The highest BCUT2D eigenvalue weighted by Crippen LogP contribution is 2.29. The third-order valence-electron chi connectivity index (χ3n) is 2.19. The van der Waals surface area contributed by atoms with E-state index in [1.54, 1.807) is 0 Å². The van der Waals surface area contributed by atoms with E-state index in [1.807, 2.05) is 30.3 Å². The molecule has 1 amide bonds. The van der Waals surface area contributed by atoms with Gasteiger partial charge < -0.3 is 0 Å². The quantitative estimate of drug-likeness (QED) is 0.686. The van der Waals surface area contributed by atoms with Gasteiger partial charge in [0.2, 0.25) is 5.91 Å². The van der Waals surface area contributed by atoms with Crippen LogP contribution in [0.15, 0.2) is 30.3 Å². The molecule has 67 valence electrons. The number of rotatable bonds is 3. The van der Waals surface area contributed by atoms with Crippen molar-refractivity contribution in [3.8, 4) is 0 Å². The Kier molecular flexibility index (Phi) is 2.30. The molecule has 0 N–H and O–H groups in total. The molecule has 0 bridgehead atoms. The van der Waals surface area contributed by atoms with Crippen molar-refractivity contribution in [2.24, 2.45) is 5.92 Å². The van der Waals surface area contributed by atoms with Gasteiger partial charge in [-0.25, -0.2) is 5.32 Å². The van der Waals surface area contributed by atoms with Crippen LogP contribution >= 0.6 is 0 Å². The number of carbonyl (C=O) groups excluding carboxylic acids is 1. The Bertz CT molecular complexity index is 290. The molecule has 2 heteroatoms. The van der Waals surface area contributed by atoms with Crippen LogP contribution in [0.4, 0.5) is 0 Å². The molecule has 1 saturated carbocycles. The van der Waals surface area contributed by atoms with Gasteiger partial charge in [0, 0.05) is 5.92 Å². The van der Waals surface area contributed by atoms with E-state index in [4.69, 9.17) is 0 Å². The smallest absolute Gasteiger partial charge is 0.244 e. The molecule has 1 aromatic rings. The van der Waals surface area contributed by atoms with Crippen LogP contribution in [0, 0.1) is 5.92 Å². The summed E-state index contributed by atoms with van der Waals surface area (Å²) in [4.78, 5) is 11.2. The van der Waals surface area contributed by atoms with E-state index in [9.17, 15) is 4.79 Å². The van der Waals surface area contributed by atoms with E-state index in [0.29, 0.717) is 6.54 Å². The van der Waals surface area contributed by atoms with Gasteiger partial charge in [-0.1, -0.05) is 30.3 Å². The molecule has 0 saturated heterocycles. The highest BCUT2D eigenvalue weighted by atomic mass is 16.2. The van der Waals surface area contributed by atoms with Gasteiger partial charge in [-0.2, -0.15) is 0 Å². The highest BCUT2D eigenvalue weighted by Gasteiger charge is 2.30. The lowest BCUT2D eigenvalue weighted by molar-refractivity contribution is -0.122. The van der Waals surface area contributed by atoms with Crippen LogP contribution in [0.2, 0.25) is 0 Å². The number of carbonyl (C=O) groups is 1. The van der Waals surface area contributed by atoms with E-state index in [-0.39, 0.29) is 11.8 Å². The molecule has 0 heterocycles. The first-order valence-electron chi connectivity index (χ1n) is 4.61. The fourth-order valence-electron chi connectivity index (χ4n) is 1.21. The Hall–Kier alpha value is -1.31. The number of hydrogen-bond acceptors (Lipinski definition) is 1. The summed E-state index contributed by atoms with van der Waals surface area (Å²) in [5, 5.41) is 4.02. The largest absolute Gasteiger partial charge is 0.273 e. The maximum absolute atomic E-state index is 11.2. The van der Waals surface area contributed by atoms with Crippen LogP contribution in [0.1, 0.15) is 18.4 Å². The van der Waals surface area contributed by atoms with Crippen LogP contribution in [0.3, 0.4) is 0 Å². The van der Waals surface area contributed by atoms with E-state index < -0.39 is 0 Å². The summed E-state index contributed by atoms with van der Waals surface area (Å²) in [6, 6.07) is 9.87. The van der Waals surface area contributed by atoms with E-state index in [0.717, 1.165) is 18.4 Å². The van der Waals surface area contributed by atoms with Crippen LogP contribution in [-0.2, 0) is 11.3 Å². The number of hydrogen-bond donors (Lipinski definition) is 0. The van der Waals surface area contributed by atoms with Gasteiger partial charge in [0.25, 0.3) is 0 Å². The van der Waals surface area contributed by atoms with Crippen molar-refractivity contribution < 1.29 is 4.79 Å². The molecule has 1 aliphatic rings. The molecule has 1 aliphatic carbocycles. The Morgan fingerprint density at radius 3 is 2.62 bits per heavy atom. The summed E-state index contributed by atoms with van der Waals surface area (Å²) in [5.41, 5.74) is 1.11. The standard InChI is InChI=1S/C11H12NO/c13-11(10-6-7-10)12-8-9-4-2-1-3-5-9/h1-5,10H,6-8H2. The summed E-state index contributed by atoms with van der Waals surface area (Å²) in [7, 11) is 0. The predicted molar refractivity (Wildman–Crippen MR) is 50.0 cm³/mol. The summed E-state index contributed by atoms with van der Waals surface area (Å²) in [6.45, 7) is 0.538. The van der Waals surface area contributed by atoms with Crippen LogP contribution in [0.5, 0.6) is 0 Å². The van der Waals surface area contributed by atoms with Crippen molar-refractivity contribution in [1.82, 2.24) is 5.32 Å². The van der Waals surface area contributed by atoms with Crippen molar-refractivity contribution in [3.63, 3.8) is 0 Å². The molecule has 0 aliphatic heterocycles. The first kappa shape index (κ1) is 8.30. The Morgan fingerprint density at radius 1 is 1.31 bits per heavy atom. The fourth-order valence-corrected chi connectivity index (χ4v) is 1.21. The lowest BCUT2D eigenvalue weighted by Crippen LogP contribution is -2.16. The lowest BCUT2D eigenvalue weighted by Gasteiger charge is -1.99. The Labute approximate surface area is 78.0 Å². The second kappa shape index (κ2) is 3.60. The van der Waals surface area contributed by atoms with Crippen LogP contribution < -0.4 is 5.32 Å². The van der Waals surface area contributed by atoms with Crippen molar-refractivity contribution in [2.75, 3.05) is 0 Å². The molecular weight excluding hydrogens is 162 g/mol. The zero-order chi connectivity index (χ0) is 9.10. The second-order valence-electron chi connectivity index (χ2n) is 3.41. The van der Waals surface area contributed by atoms with E-state index >= 15 is 0 Å². The maximum atomic E-state index is 11.2. The zero-order valence-electron chi connectivity index (χ0n) is 7.44. The predicted octanol–water partition coefficient (Wildman–Crippen LogP) is 1.73. The maximum Gasteiger partial charge on any atom is 0.244 e. The lowest BCUT2D eigenvalue weighted by atomic mass is 10.2. The monoisotopic (exact) mass is 174 g/mol. The summed E-state index contributed by atoms with van der Waals surface area (Å²) in [6.07, 6.45) is 2.08. The molecule has 1 fully saturated rings. The Balaban J connectivity index is 1.82. The minimum Gasteiger partial charge on any atom is -0.273 e. The van der Waals surface area contributed by atoms with Gasteiger partial charge in [-0.3, -0.25) is 4.79 Å². The van der Waals surface area contributed by atoms with Gasteiger partial charge in [-0.15, -0.1) is 0 Å². The van der Waals surface area contributed by atoms with Crippen molar-refractivity contribution in [1.29, 1.82) is 0 Å². The average molecular weight is 174 g/mol. The minimum atomic E-state index is 0.0869. The third-order valence-corrected chi connectivity index (χ3v) is 2.19. The van der Waals surface area contributed by atoms with Crippen molar-refractivity contribution >= 4 is 5.91 Å². The van der Waals surface area contributed by atoms with E-state index in [2.05, 4.69) is 5.32 Å².